The van der Waals surface area contributed by atoms with E-state index in [0.29, 0.717) is 21.7 Å². The Hall–Kier alpha value is -3.39. The number of pyridine rings is 1. The minimum Gasteiger partial charge on any atom is -0.352 e. The van der Waals surface area contributed by atoms with E-state index < -0.39 is 0 Å². The molecular weight excluding hydrogens is 561 g/mol. The summed E-state index contributed by atoms with van der Waals surface area (Å²) in [5, 5.41) is 8.14. The number of halogens is 2. The number of amides is 1. The zero-order valence-electron chi connectivity index (χ0n) is 22.8. The maximum absolute atomic E-state index is 13.1. The van der Waals surface area contributed by atoms with Crippen LogP contribution in [0.25, 0.3) is 5.69 Å². The maximum atomic E-state index is 13.1. The summed E-state index contributed by atoms with van der Waals surface area (Å²) in [6, 6.07) is 19.3. The van der Waals surface area contributed by atoms with Gasteiger partial charge in [0.15, 0.2) is 5.11 Å². The van der Waals surface area contributed by atoms with Crippen LogP contribution in [-0.2, 0) is 4.79 Å². The van der Waals surface area contributed by atoms with Gasteiger partial charge in [0.05, 0.1) is 33.5 Å². The van der Waals surface area contributed by atoms with E-state index in [9.17, 15) is 4.79 Å². The quantitative estimate of drug-likeness (QED) is 0.219. The minimum absolute atomic E-state index is 0.0623. The maximum Gasteiger partial charge on any atom is 0.226 e. The highest BCUT2D eigenvalue weighted by molar-refractivity contribution is 7.80. The molecule has 2 aromatic heterocycles. The van der Waals surface area contributed by atoms with Gasteiger partial charge < -0.3 is 20.1 Å². The van der Waals surface area contributed by atoms with Crippen LogP contribution in [0.3, 0.4) is 0 Å². The first-order chi connectivity index (χ1) is 19.2. The van der Waals surface area contributed by atoms with Gasteiger partial charge in [0, 0.05) is 36.2 Å². The minimum atomic E-state index is -0.195. The number of nitrogens with one attached hydrogen (secondary N) is 2. The third kappa shape index (κ3) is 5.46. The third-order valence-electron chi connectivity index (χ3n) is 7.41. The van der Waals surface area contributed by atoms with Crippen LogP contribution in [0.4, 0.5) is 5.69 Å². The average Bonchev–Trinajstić information content (AvgIpc) is 3.41. The van der Waals surface area contributed by atoms with Crippen molar-refractivity contribution in [3.8, 4) is 5.69 Å². The molecular formula is C31H31Cl2N5OS. The number of benzene rings is 2. The number of anilines is 1. The predicted molar refractivity (Wildman–Crippen MR) is 167 cm³/mol. The zero-order chi connectivity index (χ0) is 28.6. The first-order valence-electron chi connectivity index (χ1n) is 13.1. The van der Waals surface area contributed by atoms with Crippen molar-refractivity contribution in [1.29, 1.82) is 0 Å². The fourth-order valence-electron chi connectivity index (χ4n) is 5.41. The lowest BCUT2D eigenvalue weighted by atomic mass is 9.96. The number of hydrogen-bond donors (Lipinski definition) is 2. The van der Waals surface area contributed by atoms with Crippen molar-refractivity contribution < 1.29 is 4.79 Å². The van der Waals surface area contributed by atoms with E-state index in [2.05, 4.69) is 38.1 Å². The molecule has 0 aliphatic carbocycles. The van der Waals surface area contributed by atoms with Crippen LogP contribution in [0.2, 0.25) is 10.0 Å². The Labute approximate surface area is 250 Å². The highest BCUT2D eigenvalue weighted by atomic mass is 35.5. The molecule has 2 unspecified atom stereocenters. The molecule has 1 saturated heterocycles. The van der Waals surface area contributed by atoms with Gasteiger partial charge in [0.25, 0.3) is 0 Å². The van der Waals surface area contributed by atoms with Gasteiger partial charge in [0.2, 0.25) is 5.91 Å². The van der Waals surface area contributed by atoms with Gasteiger partial charge in [-0.25, -0.2) is 0 Å². The fraction of sp³-hybridized carbons (Fsp3) is 0.258. The van der Waals surface area contributed by atoms with Crippen molar-refractivity contribution in [3.63, 3.8) is 0 Å². The molecule has 2 atom stereocenters. The van der Waals surface area contributed by atoms with Crippen molar-refractivity contribution in [2.24, 2.45) is 0 Å². The summed E-state index contributed by atoms with van der Waals surface area (Å²) in [4.78, 5) is 19.8. The van der Waals surface area contributed by atoms with Gasteiger partial charge in [-0.15, -0.1) is 0 Å². The van der Waals surface area contributed by atoms with Crippen LogP contribution in [-0.4, -0.2) is 32.0 Å². The third-order valence-corrected chi connectivity index (χ3v) is 8.57. The summed E-state index contributed by atoms with van der Waals surface area (Å²) in [5.41, 5.74) is 7.76. The molecule has 6 nitrogen and oxygen atoms in total. The smallest absolute Gasteiger partial charge is 0.226 e. The zero-order valence-corrected chi connectivity index (χ0v) is 25.2. The van der Waals surface area contributed by atoms with Crippen LogP contribution < -0.4 is 10.6 Å². The molecule has 1 aliphatic rings. The van der Waals surface area contributed by atoms with Crippen molar-refractivity contribution >= 4 is 52.1 Å². The molecule has 0 radical (unpaired) electrons. The van der Waals surface area contributed by atoms with Crippen molar-refractivity contribution in [2.75, 3.05) is 11.9 Å². The Morgan fingerprint density at radius 1 is 1.05 bits per heavy atom. The summed E-state index contributed by atoms with van der Waals surface area (Å²) in [5.74, 6) is -0.0623. The van der Waals surface area contributed by atoms with Crippen molar-refractivity contribution in [1.82, 2.24) is 19.8 Å². The summed E-state index contributed by atoms with van der Waals surface area (Å²) in [6.45, 7) is 8.56. The molecule has 0 spiro atoms. The molecule has 1 fully saturated rings. The number of nitrogens with zero attached hydrogens (tertiary/aromatic N) is 3. The fourth-order valence-corrected chi connectivity index (χ4v) is 6.12. The Balaban J connectivity index is 1.49. The van der Waals surface area contributed by atoms with E-state index in [1.54, 1.807) is 12.3 Å². The molecule has 2 aromatic carbocycles. The van der Waals surface area contributed by atoms with Gasteiger partial charge in [-0.1, -0.05) is 47.5 Å². The van der Waals surface area contributed by atoms with E-state index in [-0.39, 0.29) is 24.4 Å². The van der Waals surface area contributed by atoms with Crippen molar-refractivity contribution in [3.05, 3.63) is 111 Å². The van der Waals surface area contributed by atoms with Gasteiger partial charge >= 0.3 is 0 Å². The van der Waals surface area contributed by atoms with Crippen LogP contribution in [0.5, 0.6) is 0 Å². The molecule has 40 heavy (non-hydrogen) atoms. The number of carbonyl (C=O) groups is 1. The predicted octanol–water partition coefficient (Wildman–Crippen LogP) is 7.41. The normalized spacial score (nSPS) is 16.8. The molecule has 9 heteroatoms. The van der Waals surface area contributed by atoms with E-state index in [4.69, 9.17) is 35.4 Å². The monoisotopic (exact) mass is 591 g/mol. The first-order valence-corrected chi connectivity index (χ1v) is 14.3. The molecule has 206 valence electrons. The number of rotatable bonds is 7. The van der Waals surface area contributed by atoms with Gasteiger partial charge in [-0.05, 0) is 93.0 Å². The molecule has 1 aliphatic heterocycles. The molecule has 0 bridgehead atoms. The van der Waals surface area contributed by atoms with E-state index in [0.717, 1.165) is 45.1 Å². The van der Waals surface area contributed by atoms with E-state index >= 15 is 0 Å². The Bertz CT molecular complexity index is 1590. The molecule has 3 heterocycles. The Morgan fingerprint density at radius 3 is 2.60 bits per heavy atom. The lowest BCUT2D eigenvalue weighted by Crippen LogP contribution is -2.33. The highest BCUT2D eigenvalue weighted by Gasteiger charge is 2.41. The van der Waals surface area contributed by atoms with Crippen LogP contribution >= 0.6 is 35.4 Å². The molecule has 5 rings (SSSR count). The number of thiocarbonyl (C=S) groups is 1. The summed E-state index contributed by atoms with van der Waals surface area (Å²) < 4.78 is 2.12. The number of hydrogen-bond acceptors (Lipinski definition) is 3. The molecule has 0 saturated carbocycles. The highest BCUT2D eigenvalue weighted by Crippen LogP contribution is 2.42. The van der Waals surface area contributed by atoms with Crippen LogP contribution in [0.1, 0.15) is 52.3 Å². The van der Waals surface area contributed by atoms with Crippen molar-refractivity contribution in [2.45, 2.75) is 46.2 Å². The van der Waals surface area contributed by atoms with E-state index in [1.807, 2.05) is 69.3 Å². The molecule has 1 amide bonds. The second-order valence-corrected chi connectivity index (χ2v) is 11.3. The summed E-state index contributed by atoms with van der Waals surface area (Å²) in [7, 11) is 0. The SMILES string of the molecule is Cc1ccc(C)c(NC(=O)CCN2C(=S)NC(c3ccccn3)C2c2cc(C)n(-c3cccc(Cl)c3Cl)c2C)c1. The lowest BCUT2D eigenvalue weighted by molar-refractivity contribution is -0.116. The topological polar surface area (TPSA) is 62.2 Å². The standard InChI is InChI=1S/C31H31Cl2N5OS/c1-18-11-12-19(2)25(16-18)35-27(39)13-15-37-30(29(36-31(37)40)24-9-5-6-14-34-24)22-17-20(3)38(21(22)4)26-10-7-8-23(32)28(26)33/h5-12,14,16-17,29-30H,13,15H2,1-4H3,(H,35,39)(H,36,40). The average molecular weight is 593 g/mol. The largest absolute Gasteiger partial charge is 0.352 e. The number of aromatic nitrogens is 2. The van der Waals surface area contributed by atoms with Gasteiger partial charge in [0.1, 0.15) is 0 Å². The Morgan fingerprint density at radius 2 is 1.85 bits per heavy atom. The van der Waals surface area contributed by atoms with E-state index in [1.165, 1.54) is 0 Å². The van der Waals surface area contributed by atoms with Crippen LogP contribution in [0, 0.1) is 27.7 Å². The first kappa shape index (κ1) is 28.1. The molecule has 2 N–H and O–H groups in total. The van der Waals surface area contributed by atoms with Gasteiger partial charge in [-0.2, -0.15) is 0 Å². The lowest BCUT2D eigenvalue weighted by Gasteiger charge is -2.28. The Kier molecular flexibility index (Phi) is 8.17. The number of carbonyl (C=O) groups excluding carboxylic acids is 1. The molecule has 4 aromatic rings. The second-order valence-electron chi connectivity index (χ2n) is 10.2. The van der Waals surface area contributed by atoms with Crippen LogP contribution in [0.15, 0.2) is 66.9 Å². The number of aryl methyl sites for hydroxylation is 3. The summed E-state index contributed by atoms with van der Waals surface area (Å²) in [6.07, 6.45) is 2.06. The second kappa shape index (κ2) is 11.6. The summed E-state index contributed by atoms with van der Waals surface area (Å²) >= 11 is 18.8. The van der Waals surface area contributed by atoms with Gasteiger partial charge in [-0.3, -0.25) is 9.78 Å².